The number of aryl methyl sites for hydroxylation is 2. The van der Waals surface area contributed by atoms with Crippen LogP contribution in [0, 0.1) is 25.2 Å². The first-order valence-electron chi connectivity index (χ1n) is 11.9. The van der Waals surface area contributed by atoms with Crippen LogP contribution in [0.4, 0.5) is 0 Å². The topological polar surface area (TPSA) is 62.5 Å². The number of benzene rings is 5. The van der Waals surface area contributed by atoms with Crippen molar-refractivity contribution in [3.8, 4) is 39.7 Å². The zero-order valence-corrected chi connectivity index (χ0v) is 20.0. The fourth-order valence-corrected chi connectivity index (χ4v) is 4.97. The van der Waals surface area contributed by atoms with Crippen LogP contribution in [-0.2, 0) is 0 Å². The summed E-state index contributed by atoms with van der Waals surface area (Å²) in [5.41, 5.74) is 6.16. The Hall–Kier alpha value is -4.88. The van der Waals surface area contributed by atoms with Gasteiger partial charge in [-0.15, -0.1) is 0 Å². The molecular weight excluding hydrogens is 440 g/mol. The van der Waals surface area contributed by atoms with E-state index in [0.717, 1.165) is 38.6 Å². The van der Waals surface area contributed by atoms with E-state index in [1.165, 1.54) is 10.8 Å². The second-order valence-electron chi connectivity index (χ2n) is 8.86. The van der Waals surface area contributed by atoms with Crippen molar-refractivity contribution in [2.45, 2.75) is 13.8 Å². The van der Waals surface area contributed by atoms with Crippen molar-refractivity contribution in [3.05, 3.63) is 114 Å². The van der Waals surface area contributed by atoms with Crippen LogP contribution in [0.1, 0.15) is 17.2 Å². The van der Waals surface area contributed by atoms with Crippen molar-refractivity contribution in [2.75, 3.05) is 0 Å². The zero-order valence-electron chi connectivity index (χ0n) is 20.0. The van der Waals surface area contributed by atoms with Gasteiger partial charge < -0.3 is 0 Å². The molecule has 4 heteroatoms. The Kier molecular flexibility index (Phi) is 5.24. The summed E-state index contributed by atoms with van der Waals surface area (Å²) in [6.45, 7) is 3.77. The molecule has 5 aromatic carbocycles. The fourth-order valence-electron chi connectivity index (χ4n) is 4.97. The maximum absolute atomic E-state index is 9.66. The molecule has 0 aliphatic carbocycles. The summed E-state index contributed by atoms with van der Waals surface area (Å²) < 4.78 is 0. The molecule has 6 rings (SSSR count). The Morgan fingerprint density at radius 3 is 1.89 bits per heavy atom. The molecule has 0 saturated carbocycles. The van der Waals surface area contributed by atoms with Crippen molar-refractivity contribution in [1.29, 1.82) is 5.26 Å². The molecule has 0 spiro atoms. The normalized spacial score (nSPS) is 11.0. The van der Waals surface area contributed by atoms with E-state index in [0.29, 0.717) is 23.0 Å². The van der Waals surface area contributed by atoms with Crippen molar-refractivity contribution in [2.24, 2.45) is 0 Å². The highest BCUT2D eigenvalue weighted by Crippen LogP contribution is 2.41. The van der Waals surface area contributed by atoms with E-state index in [1.807, 2.05) is 38.1 Å². The van der Waals surface area contributed by atoms with Gasteiger partial charge in [-0.25, -0.2) is 15.0 Å². The van der Waals surface area contributed by atoms with Crippen LogP contribution < -0.4 is 0 Å². The smallest absolute Gasteiger partial charge is 0.163 e. The van der Waals surface area contributed by atoms with Gasteiger partial charge in [0.2, 0.25) is 0 Å². The lowest BCUT2D eigenvalue weighted by atomic mass is 9.87. The van der Waals surface area contributed by atoms with Gasteiger partial charge in [0.1, 0.15) is 11.6 Å². The van der Waals surface area contributed by atoms with Crippen LogP contribution >= 0.6 is 0 Å². The Morgan fingerprint density at radius 1 is 0.556 bits per heavy atom. The number of hydrogen-bond acceptors (Lipinski definition) is 4. The first kappa shape index (κ1) is 21.6. The Labute approximate surface area is 209 Å². The molecule has 1 heterocycles. The largest absolute Gasteiger partial charge is 0.219 e. The summed E-state index contributed by atoms with van der Waals surface area (Å²) in [5, 5.41) is 14.1. The second-order valence-corrected chi connectivity index (χ2v) is 8.86. The molecule has 4 nitrogen and oxygen atoms in total. The summed E-state index contributed by atoms with van der Waals surface area (Å²) in [7, 11) is 0. The predicted octanol–water partition coefficient (Wildman–Crippen LogP) is 7.67. The van der Waals surface area contributed by atoms with Gasteiger partial charge in [-0.05, 0) is 58.3 Å². The molecule has 170 valence electrons. The number of nitriles is 1. The summed E-state index contributed by atoms with van der Waals surface area (Å²) in [4.78, 5) is 13.3. The van der Waals surface area contributed by atoms with Crippen LogP contribution in [0.3, 0.4) is 0 Å². The standard InChI is InChI=1S/C32H22N4/c1-20-34-21(2)36-32(35-20)24-13-11-23(12-14-24)31-27-9-4-3-7-22(27)15-18-30(31)29-17-16-25(19-33)26-8-5-6-10-28(26)29/h3-18H,1-2H3. The van der Waals surface area contributed by atoms with Crippen LogP contribution in [-0.4, -0.2) is 15.0 Å². The van der Waals surface area contributed by atoms with E-state index < -0.39 is 0 Å². The highest BCUT2D eigenvalue weighted by molar-refractivity contribution is 6.09. The molecule has 0 fully saturated rings. The Morgan fingerprint density at radius 2 is 1.17 bits per heavy atom. The van der Waals surface area contributed by atoms with E-state index in [1.54, 1.807) is 0 Å². The van der Waals surface area contributed by atoms with Crippen LogP contribution in [0.15, 0.2) is 97.1 Å². The van der Waals surface area contributed by atoms with Crippen molar-refractivity contribution in [1.82, 2.24) is 15.0 Å². The van der Waals surface area contributed by atoms with Gasteiger partial charge in [0.15, 0.2) is 5.82 Å². The molecule has 6 aromatic rings. The lowest BCUT2D eigenvalue weighted by Gasteiger charge is -2.16. The molecule has 0 bridgehead atoms. The lowest BCUT2D eigenvalue weighted by Crippen LogP contribution is -1.98. The number of aromatic nitrogens is 3. The minimum absolute atomic E-state index is 0.683. The quantitative estimate of drug-likeness (QED) is 0.271. The maximum atomic E-state index is 9.66. The molecule has 0 radical (unpaired) electrons. The van der Waals surface area contributed by atoms with Gasteiger partial charge in [-0.3, -0.25) is 0 Å². The Bertz CT molecular complexity index is 1790. The van der Waals surface area contributed by atoms with Crippen LogP contribution in [0.2, 0.25) is 0 Å². The SMILES string of the molecule is Cc1nc(C)nc(-c2ccc(-c3c(-c4ccc(C#N)c5ccccc45)ccc4ccccc34)cc2)n1. The molecule has 0 atom stereocenters. The van der Waals surface area contributed by atoms with E-state index in [4.69, 9.17) is 0 Å². The first-order chi connectivity index (χ1) is 17.6. The Balaban J connectivity index is 1.59. The summed E-state index contributed by atoms with van der Waals surface area (Å²) in [5.74, 6) is 2.11. The summed E-state index contributed by atoms with van der Waals surface area (Å²) in [6, 6.07) is 35.7. The third-order valence-corrected chi connectivity index (χ3v) is 6.55. The van der Waals surface area contributed by atoms with Crippen LogP contribution in [0.25, 0.3) is 55.2 Å². The predicted molar refractivity (Wildman–Crippen MR) is 145 cm³/mol. The molecule has 0 aliphatic rings. The molecule has 0 saturated heterocycles. The molecule has 1 aromatic heterocycles. The molecule has 0 N–H and O–H groups in total. The highest BCUT2D eigenvalue weighted by atomic mass is 15.0. The van der Waals surface area contributed by atoms with Gasteiger partial charge in [0.25, 0.3) is 0 Å². The molecule has 0 aliphatic heterocycles. The zero-order chi connectivity index (χ0) is 24.6. The summed E-state index contributed by atoms with van der Waals surface area (Å²) in [6.07, 6.45) is 0. The van der Waals surface area contributed by atoms with E-state index in [-0.39, 0.29) is 0 Å². The average Bonchev–Trinajstić information content (AvgIpc) is 2.91. The molecule has 0 amide bonds. The number of nitrogens with zero attached hydrogens (tertiary/aromatic N) is 4. The van der Waals surface area contributed by atoms with Gasteiger partial charge in [-0.2, -0.15) is 5.26 Å². The third-order valence-electron chi connectivity index (χ3n) is 6.55. The lowest BCUT2D eigenvalue weighted by molar-refractivity contribution is 0.928. The highest BCUT2D eigenvalue weighted by Gasteiger charge is 2.16. The van der Waals surface area contributed by atoms with Gasteiger partial charge in [0.05, 0.1) is 11.6 Å². The van der Waals surface area contributed by atoms with Gasteiger partial charge >= 0.3 is 0 Å². The van der Waals surface area contributed by atoms with Gasteiger partial charge in [0, 0.05) is 10.9 Å². The van der Waals surface area contributed by atoms with Crippen LogP contribution in [0.5, 0.6) is 0 Å². The summed E-state index contributed by atoms with van der Waals surface area (Å²) >= 11 is 0. The number of hydrogen-bond donors (Lipinski definition) is 0. The molecular formula is C32H22N4. The number of fused-ring (bicyclic) bond motifs is 2. The third kappa shape index (κ3) is 3.68. The minimum atomic E-state index is 0.683. The van der Waals surface area contributed by atoms with E-state index >= 15 is 0 Å². The first-order valence-corrected chi connectivity index (χ1v) is 11.9. The van der Waals surface area contributed by atoms with E-state index in [9.17, 15) is 5.26 Å². The van der Waals surface area contributed by atoms with Crippen molar-refractivity contribution < 1.29 is 0 Å². The average molecular weight is 463 g/mol. The molecule has 0 unspecified atom stereocenters. The minimum Gasteiger partial charge on any atom is -0.219 e. The maximum Gasteiger partial charge on any atom is 0.163 e. The van der Waals surface area contributed by atoms with Crippen molar-refractivity contribution >= 4 is 21.5 Å². The van der Waals surface area contributed by atoms with Gasteiger partial charge in [-0.1, -0.05) is 91.0 Å². The fraction of sp³-hybridized carbons (Fsp3) is 0.0625. The number of rotatable bonds is 3. The molecule has 36 heavy (non-hydrogen) atoms. The van der Waals surface area contributed by atoms with E-state index in [2.05, 4.69) is 93.8 Å². The van der Waals surface area contributed by atoms with Crippen molar-refractivity contribution in [3.63, 3.8) is 0 Å². The second kappa shape index (κ2) is 8.72. The monoisotopic (exact) mass is 462 g/mol.